The molecular formula is C7H13NO4. The normalized spacial score (nSPS) is 29.8. The van der Waals surface area contributed by atoms with Crippen LogP contribution in [0.1, 0.15) is 0 Å². The predicted molar refractivity (Wildman–Crippen MR) is 40.6 cm³/mol. The monoisotopic (exact) mass is 175 g/mol. The molecule has 1 saturated heterocycles. The Morgan fingerprint density at radius 3 is 2.75 bits per heavy atom. The molecular weight excluding hydrogens is 162 g/mol. The van der Waals surface area contributed by atoms with E-state index in [2.05, 4.69) is 10.1 Å². The van der Waals surface area contributed by atoms with Crippen molar-refractivity contribution in [1.82, 2.24) is 5.32 Å². The Morgan fingerprint density at radius 1 is 1.58 bits per heavy atom. The summed E-state index contributed by atoms with van der Waals surface area (Å²) in [5.41, 5.74) is 0. The van der Waals surface area contributed by atoms with Gasteiger partial charge in [-0.1, -0.05) is 0 Å². The molecule has 0 saturated carbocycles. The molecule has 0 aromatic rings. The second kappa shape index (κ2) is 4.39. The molecule has 0 aromatic carbocycles. The van der Waals surface area contributed by atoms with Gasteiger partial charge in [-0.3, -0.25) is 10.1 Å². The molecule has 1 aliphatic heterocycles. The summed E-state index contributed by atoms with van der Waals surface area (Å²) in [7, 11) is 2.91. The molecule has 0 radical (unpaired) electrons. The van der Waals surface area contributed by atoms with E-state index in [4.69, 9.17) is 9.47 Å². The maximum atomic E-state index is 11.0. The van der Waals surface area contributed by atoms with Crippen molar-refractivity contribution in [2.45, 2.75) is 12.3 Å². The van der Waals surface area contributed by atoms with E-state index in [-0.39, 0.29) is 18.3 Å². The van der Waals surface area contributed by atoms with Gasteiger partial charge in [-0.15, -0.1) is 0 Å². The van der Waals surface area contributed by atoms with Gasteiger partial charge in [0.2, 0.25) is 0 Å². The van der Waals surface area contributed by atoms with E-state index in [0.717, 1.165) is 0 Å². The maximum absolute atomic E-state index is 11.0. The van der Waals surface area contributed by atoms with Crippen molar-refractivity contribution < 1.29 is 19.0 Å². The number of carbonyl (C=O) groups is 1. The van der Waals surface area contributed by atoms with Crippen LogP contribution < -0.4 is 5.32 Å². The minimum atomic E-state index is -0.360. The molecule has 1 aliphatic rings. The third-order valence-corrected chi connectivity index (χ3v) is 1.73. The summed E-state index contributed by atoms with van der Waals surface area (Å²) in [5.74, 6) is -0.301. The van der Waals surface area contributed by atoms with E-state index in [1.54, 1.807) is 7.11 Å². The number of hydrogen-bond acceptors (Lipinski definition) is 5. The first-order valence-corrected chi connectivity index (χ1v) is 3.73. The molecule has 1 fully saturated rings. The lowest BCUT2D eigenvalue weighted by atomic mass is 10.3. The van der Waals surface area contributed by atoms with Crippen LogP contribution in [0.2, 0.25) is 0 Å². The third kappa shape index (κ3) is 2.17. The van der Waals surface area contributed by atoms with E-state index in [0.29, 0.717) is 13.2 Å². The van der Waals surface area contributed by atoms with Gasteiger partial charge >= 0.3 is 5.97 Å². The van der Waals surface area contributed by atoms with Gasteiger partial charge in [0.1, 0.15) is 6.04 Å². The molecule has 12 heavy (non-hydrogen) atoms. The fraction of sp³-hybridized carbons (Fsp3) is 0.857. The molecule has 0 aromatic heterocycles. The molecule has 1 rings (SSSR count). The zero-order valence-corrected chi connectivity index (χ0v) is 7.20. The largest absolute Gasteiger partial charge is 0.468 e. The highest BCUT2D eigenvalue weighted by atomic mass is 16.7. The number of hydrogen-bond donors (Lipinski definition) is 1. The Labute approximate surface area is 71.0 Å². The van der Waals surface area contributed by atoms with Crippen LogP contribution in [0.25, 0.3) is 0 Å². The summed E-state index contributed by atoms with van der Waals surface area (Å²) in [5, 5.41) is 2.95. The summed E-state index contributed by atoms with van der Waals surface area (Å²) < 4.78 is 14.6. The minimum absolute atomic E-state index is 0.258. The Hall–Kier alpha value is -0.650. The van der Waals surface area contributed by atoms with Crippen molar-refractivity contribution in [3.8, 4) is 0 Å². The smallest absolute Gasteiger partial charge is 0.325 e. The van der Waals surface area contributed by atoms with E-state index < -0.39 is 0 Å². The molecule has 2 unspecified atom stereocenters. The molecule has 5 heteroatoms. The number of morpholine rings is 1. The first kappa shape index (κ1) is 9.44. The van der Waals surface area contributed by atoms with Crippen LogP contribution in [-0.2, 0) is 19.0 Å². The van der Waals surface area contributed by atoms with Crippen LogP contribution in [0.4, 0.5) is 0 Å². The average molecular weight is 175 g/mol. The molecule has 1 heterocycles. The van der Waals surface area contributed by atoms with Crippen LogP contribution >= 0.6 is 0 Å². The number of rotatable bonds is 2. The SMILES string of the molecule is COC(=O)C1COC(OC)CN1. The summed E-state index contributed by atoms with van der Waals surface area (Å²) in [4.78, 5) is 11.0. The second-order valence-electron chi connectivity index (χ2n) is 2.48. The molecule has 5 nitrogen and oxygen atoms in total. The lowest BCUT2D eigenvalue weighted by molar-refractivity contribution is -0.166. The number of esters is 1. The molecule has 0 amide bonds. The van der Waals surface area contributed by atoms with Crippen molar-refractivity contribution in [1.29, 1.82) is 0 Å². The molecule has 1 N–H and O–H groups in total. The molecule has 70 valence electrons. The van der Waals surface area contributed by atoms with Crippen LogP contribution in [0.3, 0.4) is 0 Å². The number of ether oxygens (including phenoxy) is 3. The molecule has 0 bridgehead atoms. The Morgan fingerprint density at radius 2 is 2.33 bits per heavy atom. The zero-order valence-electron chi connectivity index (χ0n) is 7.20. The lowest BCUT2D eigenvalue weighted by Crippen LogP contribution is -2.51. The van der Waals surface area contributed by atoms with E-state index in [1.165, 1.54) is 7.11 Å². The Balaban J connectivity index is 2.30. The van der Waals surface area contributed by atoms with E-state index in [9.17, 15) is 4.79 Å². The van der Waals surface area contributed by atoms with Gasteiger partial charge in [0, 0.05) is 13.7 Å². The van der Waals surface area contributed by atoms with Gasteiger partial charge in [-0.25, -0.2) is 0 Å². The van der Waals surface area contributed by atoms with Gasteiger partial charge in [0.05, 0.1) is 13.7 Å². The highest BCUT2D eigenvalue weighted by Gasteiger charge is 2.26. The van der Waals surface area contributed by atoms with Gasteiger partial charge in [-0.05, 0) is 0 Å². The highest BCUT2D eigenvalue weighted by molar-refractivity contribution is 5.75. The van der Waals surface area contributed by atoms with Crippen molar-refractivity contribution in [2.24, 2.45) is 0 Å². The van der Waals surface area contributed by atoms with Crippen molar-refractivity contribution >= 4 is 5.97 Å². The topological polar surface area (TPSA) is 56.8 Å². The van der Waals surface area contributed by atoms with E-state index in [1.807, 2.05) is 0 Å². The third-order valence-electron chi connectivity index (χ3n) is 1.73. The number of nitrogens with one attached hydrogen (secondary N) is 1. The van der Waals surface area contributed by atoms with Crippen LogP contribution in [0.15, 0.2) is 0 Å². The van der Waals surface area contributed by atoms with Gasteiger partial charge in [0.25, 0.3) is 0 Å². The van der Waals surface area contributed by atoms with Crippen molar-refractivity contribution in [3.63, 3.8) is 0 Å². The van der Waals surface area contributed by atoms with Gasteiger partial charge in [0.15, 0.2) is 6.29 Å². The highest BCUT2D eigenvalue weighted by Crippen LogP contribution is 2.02. The van der Waals surface area contributed by atoms with Gasteiger partial charge in [-0.2, -0.15) is 0 Å². The van der Waals surface area contributed by atoms with Crippen LogP contribution in [0, 0.1) is 0 Å². The summed E-state index contributed by atoms with van der Waals surface area (Å²) in [6.07, 6.45) is -0.258. The predicted octanol–water partition coefficient (Wildman–Crippen LogP) is -0.880. The zero-order chi connectivity index (χ0) is 8.97. The maximum Gasteiger partial charge on any atom is 0.325 e. The van der Waals surface area contributed by atoms with Crippen molar-refractivity contribution in [3.05, 3.63) is 0 Å². The number of methoxy groups -OCH3 is 2. The first-order chi connectivity index (χ1) is 5.77. The summed E-state index contributed by atoms with van der Waals surface area (Å²) >= 11 is 0. The minimum Gasteiger partial charge on any atom is -0.468 e. The fourth-order valence-corrected chi connectivity index (χ4v) is 1.00. The fourth-order valence-electron chi connectivity index (χ4n) is 1.00. The first-order valence-electron chi connectivity index (χ1n) is 3.73. The average Bonchev–Trinajstić information content (AvgIpc) is 2.17. The second-order valence-corrected chi connectivity index (χ2v) is 2.48. The van der Waals surface area contributed by atoms with Crippen LogP contribution in [0.5, 0.6) is 0 Å². The molecule has 0 aliphatic carbocycles. The van der Waals surface area contributed by atoms with Gasteiger partial charge < -0.3 is 14.2 Å². The molecule has 0 spiro atoms. The Kier molecular flexibility index (Phi) is 3.46. The lowest BCUT2D eigenvalue weighted by Gasteiger charge is -2.27. The Bertz CT molecular complexity index is 153. The summed E-state index contributed by atoms with van der Waals surface area (Å²) in [6, 6.07) is -0.360. The quantitative estimate of drug-likeness (QED) is 0.552. The standard InChI is InChI=1S/C7H13NO4/c1-10-6-3-8-5(4-12-6)7(9)11-2/h5-6,8H,3-4H2,1-2H3. The van der Waals surface area contributed by atoms with E-state index >= 15 is 0 Å². The summed E-state index contributed by atoms with van der Waals surface area (Å²) in [6.45, 7) is 0.807. The number of carbonyl (C=O) groups excluding carboxylic acids is 1. The molecule has 2 atom stereocenters. The van der Waals surface area contributed by atoms with Crippen molar-refractivity contribution in [2.75, 3.05) is 27.4 Å². The van der Waals surface area contributed by atoms with Crippen LogP contribution in [-0.4, -0.2) is 45.7 Å².